The minimum Gasteiger partial charge on any atom is -0.508 e. The van der Waals surface area contributed by atoms with E-state index in [4.69, 9.17) is 4.74 Å². The third kappa shape index (κ3) is 5.72. The molecule has 0 aliphatic heterocycles. The van der Waals surface area contributed by atoms with Crippen LogP contribution in [-0.2, 0) is 16.1 Å². The summed E-state index contributed by atoms with van der Waals surface area (Å²) in [4.78, 5) is 29.4. The van der Waals surface area contributed by atoms with E-state index in [1.54, 1.807) is 43.5 Å². The molecule has 0 unspecified atom stereocenters. The summed E-state index contributed by atoms with van der Waals surface area (Å²) in [7, 11) is 1.54. The summed E-state index contributed by atoms with van der Waals surface area (Å²) < 4.78 is 6.93. The highest BCUT2D eigenvalue weighted by Gasteiger charge is 2.35. The molecule has 0 fully saturated rings. The Morgan fingerprint density at radius 1 is 1.08 bits per heavy atom. The largest absolute Gasteiger partial charge is 0.508 e. The van der Waals surface area contributed by atoms with Crippen LogP contribution in [0.2, 0.25) is 0 Å². The van der Waals surface area contributed by atoms with Crippen LogP contribution in [0.5, 0.6) is 11.5 Å². The fourth-order valence-electron chi connectivity index (χ4n) is 4.00. The van der Waals surface area contributed by atoms with Gasteiger partial charge in [-0.1, -0.05) is 42.5 Å². The van der Waals surface area contributed by atoms with Gasteiger partial charge in [0.1, 0.15) is 29.6 Å². The van der Waals surface area contributed by atoms with Crippen molar-refractivity contribution in [3.05, 3.63) is 78.4 Å². The zero-order chi connectivity index (χ0) is 26.6. The van der Waals surface area contributed by atoms with Crippen molar-refractivity contribution in [2.45, 2.75) is 45.3 Å². The van der Waals surface area contributed by atoms with Crippen molar-refractivity contribution in [3.8, 4) is 11.5 Å². The highest BCUT2D eigenvalue weighted by molar-refractivity contribution is 6.01. The second kappa shape index (κ2) is 10.7. The molecule has 37 heavy (non-hydrogen) atoms. The molecule has 2 N–H and O–H groups in total. The van der Waals surface area contributed by atoms with E-state index in [0.717, 1.165) is 0 Å². The topological polar surface area (TPSA) is 110 Å². The number of carbonyl (C=O) groups excluding carboxylic acids is 2. The first-order valence-corrected chi connectivity index (χ1v) is 12.1. The number of nitrogens with one attached hydrogen (secondary N) is 1. The van der Waals surface area contributed by atoms with Crippen molar-refractivity contribution < 1.29 is 19.4 Å². The maximum atomic E-state index is 14.0. The fraction of sp³-hybridized carbons (Fsp3) is 0.286. The lowest BCUT2D eigenvalue weighted by atomic mass is 9.98. The van der Waals surface area contributed by atoms with Crippen LogP contribution in [0.4, 0.5) is 5.69 Å². The molecule has 0 bridgehead atoms. The maximum absolute atomic E-state index is 14.0. The quantitative estimate of drug-likeness (QED) is 0.355. The molecule has 1 heterocycles. The normalized spacial score (nSPS) is 12.2. The Balaban J connectivity index is 1.83. The molecule has 1 aromatic heterocycles. The van der Waals surface area contributed by atoms with Gasteiger partial charge in [0.15, 0.2) is 0 Å². The average molecular weight is 502 g/mol. The number of hydrogen-bond acceptors (Lipinski definition) is 6. The Bertz CT molecular complexity index is 1400. The van der Waals surface area contributed by atoms with Crippen LogP contribution < -0.4 is 15.0 Å². The molecule has 0 saturated heterocycles. The van der Waals surface area contributed by atoms with Crippen LogP contribution >= 0.6 is 0 Å². The number of fused-ring (bicyclic) bond motifs is 1. The second-order valence-corrected chi connectivity index (χ2v) is 9.42. The summed E-state index contributed by atoms with van der Waals surface area (Å²) in [6.07, 6.45) is 0.694. The van der Waals surface area contributed by atoms with Crippen molar-refractivity contribution in [3.63, 3.8) is 0 Å². The van der Waals surface area contributed by atoms with Crippen molar-refractivity contribution in [1.82, 2.24) is 20.3 Å². The van der Waals surface area contributed by atoms with Crippen LogP contribution in [0.15, 0.2) is 72.8 Å². The van der Waals surface area contributed by atoms with Crippen molar-refractivity contribution in [2.75, 3.05) is 12.0 Å². The first-order valence-electron chi connectivity index (χ1n) is 12.1. The number of ether oxygens (including phenoxy) is 1. The SMILES string of the molecule is CCC(C)(C)NC(=O)[C@@H](c1ccc(O)cc1)N(C(=O)Cn1nnc2ccccc21)c1cccc(OC)c1. The molecule has 0 radical (unpaired) electrons. The van der Waals surface area contributed by atoms with Crippen molar-refractivity contribution in [1.29, 1.82) is 0 Å². The van der Waals surface area contributed by atoms with E-state index in [0.29, 0.717) is 34.5 Å². The van der Waals surface area contributed by atoms with Crippen LogP contribution in [0, 0.1) is 0 Å². The van der Waals surface area contributed by atoms with E-state index in [2.05, 4.69) is 15.6 Å². The molecule has 4 rings (SSSR count). The summed E-state index contributed by atoms with van der Waals surface area (Å²) in [5.74, 6) is -0.117. The molecule has 9 heteroatoms. The van der Waals surface area contributed by atoms with E-state index >= 15 is 0 Å². The van der Waals surface area contributed by atoms with Crippen LogP contribution in [0.3, 0.4) is 0 Å². The van der Waals surface area contributed by atoms with Crippen LogP contribution in [0.25, 0.3) is 11.0 Å². The van der Waals surface area contributed by atoms with E-state index in [-0.39, 0.29) is 24.1 Å². The van der Waals surface area contributed by atoms with Gasteiger partial charge in [0.2, 0.25) is 11.8 Å². The van der Waals surface area contributed by atoms with Gasteiger partial charge in [0, 0.05) is 17.3 Å². The third-order valence-corrected chi connectivity index (χ3v) is 6.37. The number of anilines is 1. The molecule has 4 aromatic rings. The Morgan fingerprint density at radius 2 is 1.81 bits per heavy atom. The molecule has 2 amide bonds. The van der Waals surface area contributed by atoms with Gasteiger partial charge in [-0.25, -0.2) is 4.68 Å². The smallest absolute Gasteiger partial charge is 0.249 e. The lowest BCUT2D eigenvalue weighted by molar-refractivity contribution is -0.128. The second-order valence-electron chi connectivity index (χ2n) is 9.42. The number of carbonyl (C=O) groups is 2. The standard InChI is InChI=1S/C28H31N5O4/c1-5-28(2,3)29-27(36)26(19-13-15-21(34)16-14-19)33(20-9-8-10-22(17-20)37-4)25(35)18-32-24-12-7-6-11-23(24)30-31-32/h6-17,26,34H,5,18H2,1-4H3,(H,29,36)/t26-/m1/s1. The lowest BCUT2D eigenvalue weighted by Gasteiger charge is -2.34. The van der Waals surface area contributed by atoms with E-state index in [9.17, 15) is 14.7 Å². The number of rotatable bonds is 9. The monoisotopic (exact) mass is 501 g/mol. The number of nitrogens with zero attached hydrogens (tertiary/aromatic N) is 4. The van der Waals surface area contributed by atoms with Crippen molar-refractivity contribution in [2.24, 2.45) is 0 Å². The molecular weight excluding hydrogens is 470 g/mol. The van der Waals surface area contributed by atoms with Crippen LogP contribution in [-0.4, -0.2) is 44.6 Å². The van der Waals surface area contributed by atoms with Crippen LogP contribution in [0.1, 0.15) is 38.8 Å². The van der Waals surface area contributed by atoms with Gasteiger partial charge in [-0.2, -0.15) is 0 Å². The Morgan fingerprint density at radius 3 is 2.51 bits per heavy atom. The van der Waals surface area contributed by atoms with Gasteiger partial charge in [-0.3, -0.25) is 14.5 Å². The van der Waals surface area contributed by atoms with E-state index in [1.807, 2.05) is 45.0 Å². The molecule has 0 spiro atoms. The first-order chi connectivity index (χ1) is 17.7. The molecular formula is C28H31N5O4. The fourth-order valence-corrected chi connectivity index (χ4v) is 4.00. The number of amides is 2. The highest BCUT2D eigenvalue weighted by atomic mass is 16.5. The van der Waals surface area contributed by atoms with Gasteiger partial charge in [-0.05, 0) is 62.2 Å². The zero-order valence-corrected chi connectivity index (χ0v) is 21.4. The average Bonchev–Trinajstić information content (AvgIpc) is 3.30. The maximum Gasteiger partial charge on any atom is 0.249 e. The van der Waals surface area contributed by atoms with Gasteiger partial charge in [-0.15, -0.1) is 5.10 Å². The Kier molecular flexibility index (Phi) is 7.42. The Labute approximate surface area is 215 Å². The Hall–Kier alpha value is -4.40. The zero-order valence-electron chi connectivity index (χ0n) is 21.4. The molecule has 192 valence electrons. The van der Waals surface area contributed by atoms with Gasteiger partial charge >= 0.3 is 0 Å². The molecule has 0 aliphatic carbocycles. The number of para-hydroxylation sites is 1. The number of phenolic OH excluding ortho intramolecular Hbond substituents is 1. The minimum atomic E-state index is -1.03. The lowest BCUT2D eigenvalue weighted by Crippen LogP contribution is -2.51. The summed E-state index contributed by atoms with van der Waals surface area (Å²) in [6, 6.07) is 19.6. The molecule has 3 aromatic carbocycles. The number of methoxy groups -OCH3 is 1. The summed E-state index contributed by atoms with van der Waals surface area (Å²) in [6.45, 7) is 5.70. The summed E-state index contributed by atoms with van der Waals surface area (Å²) >= 11 is 0. The number of hydrogen-bond donors (Lipinski definition) is 2. The predicted octanol–water partition coefficient (Wildman–Crippen LogP) is 4.22. The molecule has 9 nitrogen and oxygen atoms in total. The number of aromatic hydroxyl groups is 1. The highest BCUT2D eigenvalue weighted by Crippen LogP contribution is 2.32. The number of phenols is 1. The first kappa shape index (κ1) is 25.7. The molecule has 1 atom stereocenters. The summed E-state index contributed by atoms with van der Waals surface area (Å²) in [5.41, 5.74) is 1.90. The summed E-state index contributed by atoms with van der Waals surface area (Å²) in [5, 5.41) is 21.3. The third-order valence-electron chi connectivity index (χ3n) is 6.37. The molecule has 0 saturated carbocycles. The number of benzene rings is 3. The van der Waals surface area contributed by atoms with Crippen molar-refractivity contribution >= 4 is 28.5 Å². The van der Waals surface area contributed by atoms with E-state index < -0.39 is 11.6 Å². The number of aromatic nitrogens is 3. The minimum absolute atomic E-state index is 0.0603. The van der Waals surface area contributed by atoms with Gasteiger partial charge in [0.05, 0.1) is 12.6 Å². The van der Waals surface area contributed by atoms with Gasteiger partial charge < -0.3 is 15.2 Å². The van der Waals surface area contributed by atoms with E-state index in [1.165, 1.54) is 21.7 Å². The molecule has 0 aliphatic rings. The van der Waals surface area contributed by atoms with Gasteiger partial charge in [0.25, 0.3) is 0 Å². The predicted molar refractivity (Wildman–Crippen MR) is 141 cm³/mol.